The van der Waals surface area contributed by atoms with E-state index in [4.69, 9.17) is 4.74 Å². The van der Waals surface area contributed by atoms with Crippen LogP contribution in [0.4, 0.5) is 0 Å². The molecule has 1 rings (SSSR count). The monoisotopic (exact) mass is 298 g/mol. The van der Waals surface area contributed by atoms with Crippen molar-refractivity contribution in [3.8, 4) is 0 Å². The fourth-order valence-corrected chi connectivity index (χ4v) is 2.99. The zero-order valence-corrected chi connectivity index (χ0v) is 14.7. The van der Waals surface area contributed by atoms with Gasteiger partial charge in [0.05, 0.1) is 6.61 Å². The van der Waals surface area contributed by atoms with Crippen molar-refractivity contribution >= 4 is 11.3 Å². The maximum absolute atomic E-state index is 5.17. The molecule has 0 bridgehead atoms. The zero-order chi connectivity index (χ0) is 15.2. The van der Waals surface area contributed by atoms with E-state index in [9.17, 15) is 0 Å². The summed E-state index contributed by atoms with van der Waals surface area (Å²) in [5.41, 5.74) is 1.63. The molecule has 4 heteroatoms. The summed E-state index contributed by atoms with van der Waals surface area (Å²) in [5, 5.41) is 3.56. The van der Waals surface area contributed by atoms with Crippen molar-refractivity contribution in [2.24, 2.45) is 0 Å². The Hall–Kier alpha value is -0.420. The SMILES string of the molecule is CCN(CCOC)Cc1cc(CNC(C)(C)C)sc1C. The van der Waals surface area contributed by atoms with Gasteiger partial charge in [0.2, 0.25) is 0 Å². The first-order valence-corrected chi connectivity index (χ1v) is 8.22. The summed E-state index contributed by atoms with van der Waals surface area (Å²) in [6.07, 6.45) is 0. The fourth-order valence-electron chi connectivity index (χ4n) is 1.99. The van der Waals surface area contributed by atoms with Crippen LogP contribution in [0.5, 0.6) is 0 Å². The van der Waals surface area contributed by atoms with Gasteiger partial charge < -0.3 is 10.1 Å². The Morgan fingerprint density at radius 2 is 2.05 bits per heavy atom. The summed E-state index contributed by atoms with van der Waals surface area (Å²) in [4.78, 5) is 5.29. The number of nitrogens with one attached hydrogen (secondary N) is 1. The van der Waals surface area contributed by atoms with Gasteiger partial charge in [-0.25, -0.2) is 0 Å². The van der Waals surface area contributed by atoms with Crippen LogP contribution in [0.3, 0.4) is 0 Å². The molecule has 116 valence electrons. The van der Waals surface area contributed by atoms with Gasteiger partial charge in [0.1, 0.15) is 0 Å². The molecule has 0 unspecified atom stereocenters. The van der Waals surface area contributed by atoms with Crippen LogP contribution >= 0.6 is 11.3 Å². The van der Waals surface area contributed by atoms with E-state index in [1.54, 1.807) is 7.11 Å². The number of aryl methyl sites for hydroxylation is 1. The van der Waals surface area contributed by atoms with Gasteiger partial charge >= 0.3 is 0 Å². The van der Waals surface area contributed by atoms with E-state index in [2.05, 4.69) is 50.9 Å². The molecule has 0 spiro atoms. The van der Waals surface area contributed by atoms with Crippen LogP contribution < -0.4 is 5.32 Å². The lowest BCUT2D eigenvalue weighted by molar-refractivity contribution is 0.147. The van der Waals surface area contributed by atoms with Crippen molar-refractivity contribution in [3.63, 3.8) is 0 Å². The highest BCUT2D eigenvalue weighted by Crippen LogP contribution is 2.23. The van der Waals surface area contributed by atoms with Crippen molar-refractivity contribution in [2.45, 2.75) is 53.2 Å². The zero-order valence-electron chi connectivity index (χ0n) is 13.9. The minimum absolute atomic E-state index is 0.173. The smallest absolute Gasteiger partial charge is 0.0589 e. The largest absolute Gasteiger partial charge is 0.383 e. The van der Waals surface area contributed by atoms with Gasteiger partial charge in [0, 0.05) is 42.0 Å². The summed E-state index contributed by atoms with van der Waals surface area (Å²) >= 11 is 1.91. The minimum Gasteiger partial charge on any atom is -0.383 e. The Morgan fingerprint density at radius 3 is 2.60 bits per heavy atom. The minimum atomic E-state index is 0.173. The van der Waals surface area contributed by atoms with Gasteiger partial charge in [-0.1, -0.05) is 6.92 Å². The summed E-state index contributed by atoms with van der Waals surface area (Å²) in [6, 6.07) is 2.36. The molecule has 1 aromatic rings. The number of rotatable bonds is 8. The Balaban J connectivity index is 2.60. The van der Waals surface area contributed by atoms with Gasteiger partial charge in [-0.3, -0.25) is 4.90 Å². The van der Waals surface area contributed by atoms with E-state index >= 15 is 0 Å². The first-order valence-electron chi connectivity index (χ1n) is 7.40. The highest BCUT2D eigenvalue weighted by molar-refractivity contribution is 7.12. The lowest BCUT2D eigenvalue weighted by Crippen LogP contribution is -2.34. The molecule has 0 aliphatic heterocycles. The van der Waals surface area contributed by atoms with Crippen LogP contribution in [-0.4, -0.2) is 37.2 Å². The molecule has 0 saturated carbocycles. The standard InChI is InChI=1S/C16H30N2OS/c1-7-18(8-9-19-6)12-14-10-15(20-13(14)2)11-17-16(3,4)5/h10,17H,7-9,11-12H2,1-6H3. The predicted molar refractivity (Wildman–Crippen MR) is 88.5 cm³/mol. The third-order valence-electron chi connectivity index (χ3n) is 3.32. The van der Waals surface area contributed by atoms with Crippen molar-refractivity contribution in [3.05, 3.63) is 21.4 Å². The van der Waals surface area contributed by atoms with Crippen molar-refractivity contribution in [2.75, 3.05) is 26.8 Å². The molecule has 1 heterocycles. The third kappa shape index (κ3) is 6.35. The Kier molecular flexibility index (Phi) is 7.17. The number of likely N-dealkylation sites (N-methyl/N-ethyl adjacent to an activating group) is 1. The maximum atomic E-state index is 5.17. The molecule has 0 aromatic carbocycles. The lowest BCUT2D eigenvalue weighted by atomic mass is 10.1. The predicted octanol–water partition coefficient (Wildman–Crippen LogP) is 3.41. The molecule has 0 saturated heterocycles. The Labute approximate surface area is 128 Å². The average molecular weight is 298 g/mol. The third-order valence-corrected chi connectivity index (χ3v) is 4.41. The van der Waals surface area contributed by atoms with Crippen molar-refractivity contribution in [1.29, 1.82) is 0 Å². The van der Waals surface area contributed by atoms with E-state index in [-0.39, 0.29) is 5.54 Å². The van der Waals surface area contributed by atoms with Crippen molar-refractivity contribution < 1.29 is 4.74 Å². The number of nitrogens with zero attached hydrogens (tertiary/aromatic N) is 1. The second-order valence-corrected chi connectivity index (χ2v) is 7.60. The average Bonchev–Trinajstić information content (AvgIpc) is 2.72. The van der Waals surface area contributed by atoms with Gasteiger partial charge in [0.15, 0.2) is 0 Å². The van der Waals surface area contributed by atoms with Crippen LogP contribution in [0.1, 0.15) is 43.0 Å². The molecule has 0 radical (unpaired) electrons. The summed E-state index contributed by atoms with van der Waals surface area (Å²) in [6.45, 7) is 15.9. The number of ether oxygens (including phenoxy) is 1. The second-order valence-electron chi connectivity index (χ2n) is 6.26. The van der Waals surface area contributed by atoms with Crippen LogP contribution in [0.2, 0.25) is 0 Å². The molecular weight excluding hydrogens is 268 g/mol. The summed E-state index contributed by atoms with van der Waals surface area (Å²) < 4.78 is 5.17. The van der Waals surface area contributed by atoms with Crippen LogP contribution in [0.25, 0.3) is 0 Å². The molecule has 3 nitrogen and oxygen atoms in total. The topological polar surface area (TPSA) is 24.5 Å². The second kappa shape index (κ2) is 8.13. The van der Waals surface area contributed by atoms with Gasteiger partial charge in [-0.2, -0.15) is 0 Å². The van der Waals surface area contributed by atoms with Gasteiger partial charge in [-0.05, 0) is 45.9 Å². The van der Waals surface area contributed by atoms with E-state index in [1.807, 2.05) is 11.3 Å². The van der Waals surface area contributed by atoms with E-state index in [0.717, 1.165) is 32.8 Å². The van der Waals surface area contributed by atoms with E-state index < -0.39 is 0 Å². The summed E-state index contributed by atoms with van der Waals surface area (Å²) in [7, 11) is 1.76. The molecular formula is C16H30N2OS. The normalized spacial score (nSPS) is 12.3. The van der Waals surface area contributed by atoms with Crippen LogP contribution in [0, 0.1) is 6.92 Å². The fraction of sp³-hybridized carbons (Fsp3) is 0.750. The molecule has 1 aromatic heterocycles. The van der Waals surface area contributed by atoms with Crippen LogP contribution in [0.15, 0.2) is 6.07 Å². The quantitative estimate of drug-likeness (QED) is 0.796. The first-order chi connectivity index (χ1) is 9.35. The summed E-state index contributed by atoms with van der Waals surface area (Å²) in [5.74, 6) is 0. The molecule has 0 atom stereocenters. The Morgan fingerprint density at radius 1 is 1.35 bits per heavy atom. The molecule has 20 heavy (non-hydrogen) atoms. The lowest BCUT2D eigenvalue weighted by Gasteiger charge is -2.20. The van der Waals surface area contributed by atoms with Crippen LogP contribution in [-0.2, 0) is 17.8 Å². The maximum Gasteiger partial charge on any atom is 0.0589 e. The van der Waals surface area contributed by atoms with E-state index in [0.29, 0.717) is 0 Å². The molecule has 0 aliphatic rings. The molecule has 0 amide bonds. The highest BCUT2D eigenvalue weighted by Gasteiger charge is 2.12. The molecule has 0 aliphatic carbocycles. The number of methoxy groups -OCH3 is 1. The van der Waals surface area contributed by atoms with Gasteiger partial charge in [-0.15, -0.1) is 11.3 Å². The molecule has 1 N–H and O–H groups in total. The van der Waals surface area contributed by atoms with E-state index in [1.165, 1.54) is 15.3 Å². The number of hydrogen-bond acceptors (Lipinski definition) is 4. The first kappa shape index (κ1) is 17.6. The number of hydrogen-bond donors (Lipinski definition) is 1. The Bertz CT molecular complexity index is 396. The molecule has 0 fully saturated rings. The van der Waals surface area contributed by atoms with Gasteiger partial charge in [0.25, 0.3) is 0 Å². The van der Waals surface area contributed by atoms with Crippen molar-refractivity contribution in [1.82, 2.24) is 10.2 Å². The highest BCUT2D eigenvalue weighted by atomic mass is 32.1. The number of thiophene rings is 1.